The van der Waals surface area contributed by atoms with Crippen LogP contribution in [0.4, 0.5) is 0 Å². The van der Waals surface area contributed by atoms with Gasteiger partial charge in [-0.05, 0) is 36.9 Å². The molecule has 3 atom stereocenters. The summed E-state index contributed by atoms with van der Waals surface area (Å²) in [5.41, 5.74) is 14.2. The number of H-pyrrole nitrogens is 1. The van der Waals surface area contributed by atoms with Crippen LogP contribution in [0, 0.1) is 6.92 Å². The number of nitrogens with zero attached hydrogens (tertiary/aromatic N) is 4. The lowest BCUT2D eigenvalue weighted by molar-refractivity contribution is -0.149. The Kier molecular flexibility index (Phi) is 13.3. The maximum atomic E-state index is 12.3. The van der Waals surface area contributed by atoms with Gasteiger partial charge < -0.3 is 25.3 Å². The second-order valence-electron chi connectivity index (χ2n) is 9.79. The van der Waals surface area contributed by atoms with Gasteiger partial charge in [0, 0.05) is 60.3 Å². The van der Waals surface area contributed by atoms with E-state index in [1.807, 2.05) is 24.3 Å². The van der Waals surface area contributed by atoms with Gasteiger partial charge in [0.05, 0.1) is 6.04 Å². The van der Waals surface area contributed by atoms with Crippen molar-refractivity contribution in [2.45, 2.75) is 75.3 Å². The van der Waals surface area contributed by atoms with E-state index in [9.17, 15) is 24.0 Å². The van der Waals surface area contributed by atoms with Crippen molar-refractivity contribution in [1.82, 2.24) is 14.9 Å². The number of carbonyl (C=O) groups is 3. The van der Waals surface area contributed by atoms with Crippen molar-refractivity contribution in [3.63, 3.8) is 0 Å². The molecule has 43 heavy (non-hydrogen) atoms. The zero-order valence-corrected chi connectivity index (χ0v) is 24.5. The molecule has 3 rings (SSSR count). The van der Waals surface area contributed by atoms with E-state index < -0.39 is 35.6 Å². The summed E-state index contributed by atoms with van der Waals surface area (Å²) >= 11 is 1.38. The van der Waals surface area contributed by atoms with Gasteiger partial charge in [-0.1, -0.05) is 35.1 Å². The third-order valence-electron chi connectivity index (χ3n) is 6.55. The fraction of sp³-hybridized carbons (Fsp3) is 0.519. The first-order valence-electron chi connectivity index (χ1n) is 13.7. The fourth-order valence-corrected chi connectivity index (χ4v) is 5.08. The molecule has 1 fully saturated rings. The largest absolute Gasteiger partial charge is 0.463 e. The Balaban J connectivity index is 1.34. The van der Waals surface area contributed by atoms with E-state index in [1.54, 1.807) is 6.92 Å². The zero-order valence-electron chi connectivity index (χ0n) is 23.7. The van der Waals surface area contributed by atoms with Gasteiger partial charge in [0.1, 0.15) is 24.9 Å². The number of benzene rings is 1. The van der Waals surface area contributed by atoms with Crippen LogP contribution in [0.1, 0.15) is 55.9 Å². The molecule has 0 spiro atoms. The Bertz CT molecular complexity index is 1440. The molecule has 0 saturated carbocycles. The van der Waals surface area contributed by atoms with Crippen LogP contribution in [0.2, 0.25) is 0 Å². The molecule has 1 aliphatic rings. The van der Waals surface area contributed by atoms with Crippen molar-refractivity contribution < 1.29 is 28.6 Å². The molecule has 16 heteroatoms. The minimum atomic E-state index is -0.801. The lowest BCUT2D eigenvalue weighted by Gasteiger charge is -2.16. The van der Waals surface area contributed by atoms with Gasteiger partial charge in [-0.3, -0.25) is 28.7 Å². The highest BCUT2D eigenvalue weighted by molar-refractivity contribution is 7.99. The van der Waals surface area contributed by atoms with E-state index in [0.29, 0.717) is 31.5 Å². The number of hydrogen-bond donors (Lipinski definition) is 3. The van der Waals surface area contributed by atoms with Crippen LogP contribution in [0.15, 0.2) is 50.1 Å². The van der Waals surface area contributed by atoms with Crippen molar-refractivity contribution in [2.75, 3.05) is 19.1 Å². The highest BCUT2D eigenvalue weighted by Gasteiger charge is 2.37. The molecular formula is C27H35N7O8S. The molecule has 2 aromatic rings. The van der Waals surface area contributed by atoms with Crippen molar-refractivity contribution in [3.05, 3.63) is 72.9 Å². The first-order chi connectivity index (χ1) is 20.7. The third kappa shape index (κ3) is 10.9. The number of ether oxygens (including phenoxy) is 3. The molecule has 2 heterocycles. The number of aromatic amines is 1. The number of azide groups is 1. The minimum absolute atomic E-state index is 0.0685. The molecule has 1 unspecified atom stereocenters. The highest BCUT2D eigenvalue weighted by Crippen LogP contribution is 2.30. The Morgan fingerprint density at radius 2 is 1.91 bits per heavy atom. The van der Waals surface area contributed by atoms with Gasteiger partial charge in [0.2, 0.25) is 5.91 Å². The summed E-state index contributed by atoms with van der Waals surface area (Å²) in [5, 5.41) is 6.85. The van der Waals surface area contributed by atoms with Crippen molar-refractivity contribution in [2.24, 2.45) is 10.8 Å². The Hall–Kier alpha value is -4.11. The number of esters is 2. The molecule has 1 aromatic heterocycles. The molecular weight excluding hydrogens is 582 g/mol. The first-order valence-corrected chi connectivity index (χ1v) is 14.7. The number of primary amides is 1. The molecule has 0 aliphatic carbocycles. The number of nitrogens with one attached hydrogen (secondary N) is 2. The van der Waals surface area contributed by atoms with Crippen LogP contribution >= 0.6 is 11.8 Å². The lowest BCUT2D eigenvalue weighted by Crippen LogP contribution is -2.33. The first kappa shape index (κ1) is 33.4. The maximum absolute atomic E-state index is 12.3. The van der Waals surface area contributed by atoms with Crippen LogP contribution in [0.3, 0.4) is 0 Å². The number of rotatable bonds is 17. The van der Waals surface area contributed by atoms with E-state index in [4.69, 9.17) is 25.5 Å². The number of nitrogens with two attached hydrogens (primary N) is 1. The smallest absolute Gasteiger partial charge is 0.330 e. The molecule has 1 aromatic carbocycles. The van der Waals surface area contributed by atoms with E-state index >= 15 is 0 Å². The van der Waals surface area contributed by atoms with Gasteiger partial charge in [0.25, 0.3) is 5.56 Å². The van der Waals surface area contributed by atoms with Gasteiger partial charge in [-0.15, -0.1) is 0 Å². The predicted octanol–water partition coefficient (Wildman–Crippen LogP) is 2.17. The molecule has 1 aliphatic heterocycles. The second kappa shape index (κ2) is 17.1. The number of thioether (sulfide) groups is 1. The van der Waals surface area contributed by atoms with Gasteiger partial charge in [-0.25, -0.2) is 4.79 Å². The molecule has 4 N–H and O–H groups in total. The maximum Gasteiger partial charge on any atom is 0.330 e. The summed E-state index contributed by atoms with van der Waals surface area (Å²) < 4.78 is 17.6. The summed E-state index contributed by atoms with van der Waals surface area (Å²) in [6, 6.07) is 6.98. The highest BCUT2D eigenvalue weighted by atomic mass is 32.2. The quantitative estimate of drug-likeness (QED) is 0.0446. The standard InChI is InChI=1S/C27H35N7O8S/c1-17-14-34(27(39)31-26(17)38)23-12-19(32-33-29)20(42-23)15-40-24(36)8-4-5-9-25(37)41-16-43-21-7-3-2-6-18(21)13-30-11-10-22(28)35/h2-3,6-7,14,19-20,23,30H,4-5,8-13,15-16H2,1H3,(H2,28,35)(H,31,38,39)/t19?,20-,23-/m1/s1. The normalized spacial score (nSPS) is 17.7. The van der Waals surface area contributed by atoms with E-state index in [1.165, 1.54) is 22.5 Å². The van der Waals surface area contributed by atoms with Crippen LogP contribution in [-0.2, 0) is 35.1 Å². The van der Waals surface area contributed by atoms with Crippen LogP contribution < -0.4 is 22.3 Å². The number of carbonyl (C=O) groups excluding carboxylic acids is 3. The van der Waals surface area contributed by atoms with Gasteiger partial charge >= 0.3 is 17.6 Å². The number of amides is 1. The van der Waals surface area contributed by atoms with Gasteiger partial charge in [0.15, 0.2) is 0 Å². The molecule has 0 radical (unpaired) electrons. The second-order valence-corrected chi connectivity index (χ2v) is 10.7. The van der Waals surface area contributed by atoms with Crippen LogP contribution in [0.25, 0.3) is 10.4 Å². The van der Waals surface area contributed by atoms with E-state index in [0.717, 1.165) is 10.5 Å². The molecule has 0 bridgehead atoms. The number of aryl methyl sites for hydroxylation is 1. The summed E-state index contributed by atoms with van der Waals surface area (Å²) in [6.07, 6.45) is 1.25. The van der Waals surface area contributed by atoms with E-state index in [-0.39, 0.29) is 50.1 Å². The SMILES string of the molecule is Cc1cn([C@H]2CC(N=[N+]=[N-])[C@@H](COC(=O)CCCCC(=O)OCSc3ccccc3CNCCC(N)=O)O2)c(=O)[nH]c1=O. The Labute approximate surface area is 251 Å². The Morgan fingerprint density at radius 3 is 2.63 bits per heavy atom. The third-order valence-corrected chi connectivity index (χ3v) is 7.50. The minimum Gasteiger partial charge on any atom is -0.463 e. The average Bonchev–Trinajstić information content (AvgIpc) is 3.37. The topological polar surface area (TPSA) is 221 Å². The average molecular weight is 618 g/mol. The number of hydrogen-bond acceptors (Lipinski definition) is 11. The zero-order chi connectivity index (χ0) is 31.2. The predicted molar refractivity (Wildman–Crippen MR) is 156 cm³/mol. The van der Waals surface area contributed by atoms with Crippen LogP contribution in [-0.4, -0.2) is 58.6 Å². The van der Waals surface area contributed by atoms with Crippen molar-refractivity contribution >= 4 is 29.6 Å². The summed E-state index contributed by atoms with van der Waals surface area (Å²) in [6.45, 7) is 2.39. The molecule has 1 saturated heterocycles. The monoisotopic (exact) mass is 617 g/mol. The fourth-order valence-electron chi connectivity index (χ4n) is 4.27. The molecule has 232 valence electrons. The van der Waals surface area contributed by atoms with Crippen molar-refractivity contribution in [3.8, 4) is 0 Å². The summed E-state index contributed by atoms with van der Waals surface area (Å²) in [5.74, 6) is -1.12. The molecule has 1 amide bonds. The van der Waals surface area contributed by atoms with Gasteiger partial charge in [-0.2, -0.15) is 0 Å². The number of aromatic nitrogens is 2. The lowest BCUT2D eigenvalue weighted by atomic mass is 10.1. The Morgan fingerprint density at radius 1 is 1.19 bits per heavy atom. The summed E-state index contributed by atoms with van der Waals surface area (Å²) in [4.78, 5) is 65.1. The van der Waals surface area contributed by atoms with Crippen LogP contribution in [0.5, 0.6) is 0 Å². The molecule has 15 nitrogen and oxygen atoms in total. The summed E-state index contributed by atoms with van der Waals surface area (Å²) in [7, 11) is 0. The van der Waals surface area contributed by atoms with Crippen molar-refractivity contribution in [1.29, 1.82) is 0 Å². The van der Waals surface area contributed by atoms with E-state index in [2.05, 4.69) is 20.3 Å². The number of unbranched alkanes of at least 4 members (excludes halogenated alkanes) is 1.